The molecule has 0 aliphatic carbocycles. The standard InChI is InChI=1S/C55H35F3N2/c1-34-16-18-35(19-17-34)39-22-26-45-43-14-8-9-15-44(43)47-32-50-49-29-40(36-20-24-41(25-21-36)55(56,57)58)23-27-53(49)60(54(50)33-48(47)46(45)28-39)42-30-51(37-10-4-2-5-11-37)59-52(31-42)38-12-6-3-7-13-38/h2-33H,1H3. The van der Waals surface area contributed by atoms with Gasteiger partial charge in [0, 0.05) is 21.9 Å². The fourth-order valence-corrected chi connectivity index (χ4v) is 8.86. The predicted molar refractivity (Wildman–Crippen MR) is 243 cm³/mol. The molecule has 5 heteroatoms. The van der Waals surface area contributed by atoms with Gasteiger partial charge in [-0.3, -0.25) is 0 Å². The summed E-state index contributed by atoms with van der Waals surface area (Å²) in [5, 5.41) is 9.00. The van der Waals surface area contributed by atoms with Crippen LogP contribution in [0.1, 0.15) is 11.1 Å². The number of aromatic nitrogens is 2. The molecule has 0 radical (unpaired) electrons. The lowest BCUT2D eigenvalue weighted by Gasteiger charge is -2.15. The van der Waals surface area contributed by atoms with Crippen molar-refractivity contribution in [1.82, 2.24) is 9.55 Å². The molecule has 0 N–H and O–H groups in total. The second-order valence-electron chi connectivity index (χ2n) is 15.6. The van der Waals surface area contributed by atoms with Crippen LogP contribution >= 0.6 is 0 Å². The minimum Gasteiger partial charge on any atom is -0.309 e. The lowest BCUT2D eigenvalue weighted by Crippen LogP contribution is -2.03. The number of hydrogen-bond donors (Lipinski definition) is 0. The summed E-state index contributed by atoms with van der Waals surface area (Å²) < 4.78 is 43.1. The molecule has 60 heavy (non-hydrogen) atoms. The van der Waals surface area contributed by atoms with E-state index in [2.05, 4.69) is 139 Å². The molecule has 9 aromatic carbocycles. The van der Waals surface area contributed by atoms with Crippen molar-refractivity contribution in [2.24, 2.45) is 0 Å². The molecule has 2 heterocycles. The lowest BCUT2D eigenvalue weighted by atomic mass is 9.91. The molecule has 0 atom stereocenters. The van der Waals surface area contributed by atoms with E-state index in [1.165, 1.54) is 16.3 Å². The van der Waals surface area contributed by atoms with Gasteiger partial charge in [0.2, 0.25) is 0 Å². The van der Waals surface area contributed by atoms with E-state index in [1.807, 2.05) is 42.5 Å². The summed E-state index contributed by atoms with van der Waals surface area (Å²) in [4.78, 5) is 5.20. The second kappa shape index (κ2) is 13.8. The molecule has 0 bridgehead atoms. The molecule has 0 unspecified atom stereocenters. The number of hydrogen-bond acceptors (Lipinski definition) is 1. The number of rotatable bonds is 5. The van der Waals surface area contributed by atoms with Crippen LogP contribution in [0.3, 0.4) is 0 Å². The Labute approximate surface area is 344 Å². The molecule has 0 fully saturated rings. The molecule has 0 spiro atoms. The number of nitrogens with zero attached hydrogens (tertiary/aromatic N) is 2. The summed E-state index contributed by atoms with van der Waals surface area (Å²) >= 11 is 0. The average Bonchev–Trinajstić information content (AvgIpc) is 3.61. The zero-order chi connectivity index (χ0) is 40.5. The molecule has 0 saturated heterocycles. The summed E-state index contributed by atoms with van der Waals surface area (Å²) in [7, 11) is 0. The normalized spacial score (nSPS) is 12.0. The molecule has 286 valence electrons. The number of benzene rings is 9. The number of halogens is 3. The Morgan fingerprint density at radius 2 is 0.833 bits per heavy atom. The van der Waals surface area contributed by atoms with Crippen molar-refractivity contribution >= 4 is 54.1 Å². The number of aryl methyl sites for hydroxylation is 1. The summed E-state index contributed by atoms with van der Waals surface area (Å²) in [5.41, 5.74) is 11.1. The predicted octanol–water partition coefficient (Wildman–Crippen LogP) is 15.6. The average molecular weight is 781 g/mol. The van der Waals surface area contributed by atoms with Crippen LogP contribution in [0.25, 0.3) is 105 Å². The minimum absolute atomic E-state index is 0.666. The van der Waals surface area contributed by atoms with E-state index in [1.54, 1.807) is 12.1 Å². The van der Waals surface area contributed by atoms with Gasteiger partial charge in [0.1, 0.15) is 0 Å². The third-order valence-electron chi connectivity index (χ3n) is 11.9. The highest BCUT2D eigenvalue weighted by molar-refractivity contribution is 6.29. The van der Waals surface area contributed by atoms with E-state index < -0.39 is 11.7 Å². The second-order valence-corrected chi connectivity index (χ2v) is 15.6. The van der Waals surface area contributed by atoms with Gasteiger partial charge in [-0.25, -0.2) is 4.98 Å². The zero-order valence-electron chi connectivity index (χ0n) is 32.5. The Balaban J connectivity index is 1.25. The molecular formula is C55H35F3N2. The maximum absolute atomic E-state index is 13.6. The summed E-state index contributed by atoms with van der Waals surface area (Å²) in [6, 6.07) is 65.2. The Hall–Kier alpha value is -7.50. The smallest absolute Gasteiger partial charge is 0.309 e. The first-order valence-corrected chi connectivity index (χ1v) is 20.0. The van der Waals surface area contributed by atoms with E-state index in [0.717, 1.165) is 100 Å². The maximum Gasteiger partial charge on any atom is 0.416 e. The topological polar surface area (TPSA) is 17.8 Å². The highest BCUT2D eigenvalue weighted by Crippen LogP contribution is 2.44. The van der Waals surface area contributed by atoms with Crippen LogP contribution in [0.5, 0.6) is 0 Å². The quantitative estimate of drug-likeness (QED) is 0.159. The third kappa shape index (κ3) is 6.01. The van der Waals surface area contributed by atoms with E-state index in [4.69, 9.17) is 4.98 Å². The van der Waals surface area contributed by atoms with Gasteiger partial charge in [0.05, 0.1) is 33.7 Å². The Morgan fingerprint density at radius 3 is 1.45 bits per heavy atom. The molecule has 11 aromatic rings. The summed E-state index contributed by atoms with van der Waals surface area (Å²) in [6.45, 7) is 2.11. The largest absolute Gasteiger partial charge is 0.416 e. The highest BCUT2D eigenvalue weighted by Gasteiger charge is 2.30. The van der Waals surface area contributed by atoms with Gasteiger partial charge in [-0.15, -0.1) is 0 Å². The van der Waals surface area contributed by atoms with Gasteiger partial charge >= 0.3 is 6.18 Å². The van der Waals surface area contributed by atoms with Crippen LogP contribution < -0.4 is 0 Å². The Kier molecular flexibility index (Phi) is 8.21. The van der Waals surface area contributed by atoms with E-state index in [0.29, 0.717) is 5.56 Å². The zero-order valence-corrected chi connectivity index (χ0v) is 32.5. The minimum atomic E-state index is -4.41. The SMILES string of the molecule is Cc1ccc(-c2ccc3c4ccccc4c4cc5c6cc(-c7ccc(C(F)(F)F)cc7)ccc6n(-c6cc(-c7ccccc7)nc(-c7ccccc7)c6)c5cc4c3c2)cc1. The van der Waals surface area contributed by atoms with Crippen molar-refractivity contribution in [1.29, 1.82) is 0 Å². The van der Waals surface area contributed by atoms with E-state index in [9.17, 15) is 13.2 Å². The van der Waals surface area contributed by atoms with Crippen LogP contribution in [0.2, 0.25) is 0 Å². The first-order chi connectivity index (χ1) is 29.3. The van der Waals surface area contributed by atoms with Crippen molar-refractivity contribution in [3.8, 4) is 50.5 Å². The monoisotopic (exact) mass is 780 g/mol. The van der Waals surface area contributed by atoms with Gasteiger partial charge in [-0.05, 0) is 116 Å². The Bertz CT molecular complexity index is 3380. The maximum atomic E-state index is 13.6. The van der Waals surface area contributed by atoms with Gasteiger partial charge < -0.3 is 4.57 Å². The lowest BCUT2D eigenvalue weighted by molar-refractivity contribution is -0.137. The number of alkyl halides is 3. The molecule has 0 saturated carbocycles. The van der Waals surface area contributed by atoms with Gasteiger partial charge in [-0.1, -0.05) is 145 Å². The van der Waals surface area contributed by atoms with Gasteiger partial charge in [-0.2, -0.15) is 13.2 Å². The molecule has 11 rings (SSSR count). The van der Waals surface area contributed by atoms with E-state index in [-0.39, 0.29) is 0 Å². The Morgan fingerprint density at radius 1 is 0.367 bits per heavy atom. The van der Waals surface area contributed by atoms with Crippen molar-refractivity contribution in [2.45, 2.75) is 13.1 Å². The van der Waals surface area contributed by atoms with E-state index >= 15 is 0 Å². The third-order valence-corrected chi connectivity index (χ3v) is 11.9. The molecule has 0 aliphatic heterocycles. The van der Waals surface area contributed by atoms with Crippen molar-refractivity contribution in [2.75, 3.05) is 0 Å². The first-order valence-electron chi connectivity index (χ1n) is 20.0. The molecule has 0 amide bonds. The fraction of sp³-hybridized carbons (Fsp3) is 0.0364. The summed E-state index contributed by atoms with van der Waals surface area (Å²) in [6.07, 6.45) is -4.41. The van der Waals surface area contributed by atoms with Crippen LogP contribution in [0.15, 0.2) is 194 Å². The fourth-order valence-electron chi connectivity index (χ4n) is 8.86. The van der Waals surface area contributed by atoms with Crippen LogP contribution in [0.4, 0.5) is 13.2 Å². The molecular weight excluding hydrogens is 746 g/mol. The van der Waals surface area contributed by atoms with Gasteiger partial charge in [0.25, 0.3) is 0 Å². The number of fused-ring (bicyclic) bond motifs is 9. The number of pyridine rings is 1. The van der Waals surface area contributed by atoms with Crippen molar-refractivity contribution < 1.29 is 13.2 Å². The van der Waals surface area contributed by atoms with Gasteiger partial charge in [0.15, 0.2) is 0 Å². The first kappa shape index (κ1) is 35.6. The van der Waals surface area contributed by atoms with Crippen molar-refractivity contribution in [3.63, 3.8) is 0 Å². The molecule has 0 aliphatic rings. The van der Waals surface area contributed by atoms with Crippen LogP contribution in [-0.4, -0.2) is 9.55 Å². The highest BCUT2D eigenvalue weighted by atomic mass is 19.4. The van der Waals surface area contributed by atoms with Crippen LogP contribution in [0, 0.1) is 6.92 Å². The summed E-state index contributed by atoms with van der Waals surface area (Å²) in [5.74, 6) is 0. The molecule has 2 aromatic heterocycles. The van der Waals surface area contributed by atoms with Crippen LogP contribution in [-0.2, 0) is 6.18 Å². The van der Waals surface area contributed by atoms with Crippen molar-refractivity contribution in [3.05, 3.63) is 205 Å². The molecule has 2 nitrogen and oxygen atoms in total.